The van der Waals surface area contributed by atoms with E-state index in [0.717, 1.165) is 22.5 Å². The molecule has 0 radical (unpaired) electrons. The molecule has 0 bridgehead atoms. The Balaban J connectivity index is 2.24. The Morgan fingerprint density at radius 2 is 1.96 bits per heavy atom. The Bertz CT molecular complexity index is 727. The molecule has 2 aromatic rings. The highest BCUT2D eigenvalue weighted by Crippen LogP contribution is 2.24. The van der Waals surface area contributed by atoms with Crippen LogP contribution in [0.25, 0.3) is 11.3 Å². The van der Waals surface area contributed by atoms with Gasteiger partial charge in [-0.1, -0.05) is 6.07 Å². The van der Waals surface area contributed by atoms with Gasteiger partial charge in [-0.2, -0.15) is 5.10 Å². The van der Waals surface area contributed by atoms with Gasteiger partial charge in [-0.3, -0.25) is 4.68 Å². The lowest BCUT2D eigenvalue weighted by Gasteiger charge is -2.18. The summed E-state index contributed by atoms with van der Waals surface area (Å²) in [7, 11) is 1.91. The van der Waals surface area contributed by atoms with Crippen molar-refractivity contribution in [2.45, 2.75) is 46.8 Å². The molecular formula is C19H26N2O3. The number of hydrogen-bond acceptors (Lipinski definition) is 4. The van der Waals surface area contributed by atoms with E-state index >= 15 is 0 Å². The molecule has 0 saturated heterocycles. The first-order valence-electron chi connectivity index (χ1n) is 8.16. The molecule has 1 heterocycles. The van der Waals surface area contributed by atoms with Gasteiger partial charge in [-0.05, 0) is 58.4 Å². The second-order valence-corrected chi connectivity index (χ2v) is 6.80. The van der Waals surface area contributed by atoms with E-state index < -0.39 is 0 Å². The number of nitrogens with zero attached hydrogens (tertiary/aromatic N) is 2. The molecular weight excluding hydrogens is 304 g/mol. The molecule has 130 valence electrons. The molecule has 0 aliphatic heterocycles. The van der Waals surface area contributed by atoms with Crippen LogP contribution in [0, 0.1) is 6.92 Å². The number of carbonyl (C=O) groups is 1. The van der Waals surface area contributed by atoms with Crippen LogP contribution in [0.3, 0.4) is 0 Å². The molecule has 0 atom stereocenters. The summed E-state index contributed by atoms with van der Waals surface area (Å²) in [5.41, 5.74) is 4.17. The molecule has 0 unspecified atom stereocenters. The van der Waals surface area contributed by atoms with Crippen LogP contribution < -0.4 is 0 Å². The van der Waals surface area contributed by atoms with Crippen molar-refractivity contribution in [1.29, 1.82) is 0 Å². The number of aryl methyl sites for hydroxylation is 2. The van der Waals surface area contributed by atoms with E-state index in [1.165, 1.54) is 0 Å². The Labute approximate surface area is 143 Å². The fraction of sp³-hybridized carbons (Fsp3) is 0.474. The fourth-order valence-electron chi connectivity index (χ4n) is 2.42. The smallest absolute Gasteiger partial charge is 0.338 e. The van der Waals surface area contributed by atoms with Gasteiger partial charge < -0.3 is 9.47 Å². The highest BCUT2D eigenvalue weighted by atomic mass is 16.5. The van der Waals surface area contributed by atoms with Gasteiger partial charge >= 0.3 is 5.97 Å². The SMILES string of the molecule is CCOC(=O)c1ccc(-c2cc(COC(C)(C)C)nn2C)cc1C. The lowest BCUT2D eigenvalue weighted by Crippen LogP contribution is -2.18. The molecule has 0 aliphatic carbocycles. The van der Waals surface area contributed by atoms with Gasteiger partial charge in [-0.15, -0.1) is 0 Å². The maximum atomic E-state index is 11.9. The molecule has 24 heavy (non-hydrogen) atoms. The first-order valence-corrected chi connectivity index (χ1v) is 8.16. The third-order valence-electron chi connectivity index (χ3n) is 3.60. The van der Waals surface area contributed by atoms with E-state index in [1.54, 1.807) is 13.0 Å². The van der Waals surface area contributed by atoms with Crippen LogP contribution in [0.5, 0.6) is 0 Å². The zero-order valence-corrected chi connectivity index (χ0v) is 15.3. The first-order chi connectivity index (χ1) is 11.2. The largest absolute Gasteiger partial charge is 0.462 e. The van der Waals surface area contributed by atoms with E-state index in [-0.39, 0.29) is 11.6 Å². The van der Waals surface area contributed by atoms with Crippen molar-refractivity contribution in [3.63, 3.8) is 0 Å². The predicted molar refractivity (Wildman–Crippen MR) is 93.9 cm³/mol. The minimum Gasteiger partial charge on any atom is -0.462 e. The number of benzene rings is 1. The van der Waals surface area contributed by atoms with E-state index in [9.17, 15) is 4.79 Å². The van der Waals surface area contributed by atoms with Gasteiger partial charge in [0.25, 0.3) is 0 Å². The van der Waals surface area contributed by atoms with E-state index in [0.29, 0.717) is 18.8 Å². The van der Waals surface area contributed by atoms with Crippen molar-refractivity contribution in [2.24, 2.45) is 7.05 Å². The summed E-state index contributed by atoms with van der Waals surface area (Å²) in [6.07, 6.45) is 0. The average Bonchev–Trinajstić information content (AvgIpc) is 2.85. The number of carbonyl (C=O) groups excluding carboxylic acids is 1. The number of rotatable bonds is 5. The number of hydrogen-bond donors (Lipinski definition) is 0. The maximum absolute atomic E-state index is 11.9. The summed E-state index contributed by atoms with van der Waals surface area (Å²) in [5, 5.41) is 4.51. The highest BCUT2D eigenvalue weighted by molar-refractivity contribution is 5.91. The average molecular weight is 330 g/mol. The standard InChI is InChI=1S/C19H26N2O3/c1-7-23-18(22)16-9-8-14(10-13(16)2)17-11-15(20-21(17)6)12-24-19(3,4)5/h8-11H,7,12H2,1-6H3. The van der Waals surface area contributed by atoms with Gasteiger partial charge in [0.05, 0.1) is 35.8 Å². The second kappa shape index (κ2) is 7.18. The Hall–Kier alpha value is -2.14. The topological polar surface area (TPSA) is 53.4 Å². The number of ether oxygens (including phenoxy) is 2. The zero-order chi connectivity index (χ0) is 17.9. The minimum atomic E-state index is -0.286. The monoisotopic (exact) mass is 330 g/mol. The van der Waals surface area contributed by atoms with Crippen molar-refractivity contribution in [2.75, 3.05) is 6.61 Å². The molecule has 0 N–H and O–H groups in total. The number of esters is 1. The molecule has 0 saturated carbocycles. The maximum Gasteiger partial charge on any atom is 0.338 e. The molecule has 0 spiro atoms. The minimum absolute atomic E-state index is 0.199. The summed E-state index contributed by atoms with van der Waals surface area (Å²) in [6.45, 7) is 10.6. The predicted octanol–water partition coefficient (Wildman–Crippen LogP) is 3.89. The third-order valence-corrected chi connectivity index (χ3v) is 3.60. The lowest BCUT2D eigenvalue weighted by molar-refractivity contribution is -0.0166. The third kappa shape index (κ3) is 4.45. The van der Waals surface area contributed by atoms with Gasteiger partial charge in [0.1, 0.15) is 0 Å². The van der Waals surface area contributed by atoms with E-state index in [4.69, 9.17) is 9.47 Å². The van der Waals surface area contributed by atoms with Gasteiger partial charge in [0.15, 0.2) is 0 Å². The van der Waals surface area contributed by atoms with Crippen LogP contribution in [0.4, 0.5) is 0 Å². The van der Waals surface area contributed by atoms with Crippen LogP contribution in [0.2, 0.25) is 0 Å². The molecule has 5 heteroatoms. The molecule has 0 amide bonds. The Kier molecular flexibility index (Phi) is 5.44. The molecule has 2 rings (SSSR count). The second-order valence-electron chi connectivity index (χ2n) is 6.80. The van der Waals surface area contributed by atoms with Crippen molar-refractivity contribution in [1.82, 2.24) is 9.78 Å². The van der Waals surface area contributed by atoms with E-state index in [1.807, 2.05) is 57.6 Å². The summed E-state index contributed by atoms with van der Waals surface area (Å²) >= 11 is 0. The summed E-state index contributed by atoms with van der Waals surface area (Å²) in [5.74, 6) is -0.286. The van der Waals surface area contributed by atoms with Gasteiger partial charge in [-0.25, -0.2) is 4.79 Å². The van der Waals surface area contributed by atoms with Crippen molar-refractivity contribution >= 4 is 5.97 Å². The Morgan fingerprint density at radius 3 is 2.54 bits per heavy atom. The van der Waals surface area contributed by atoms with Gasteiger partial charge in [0.2, 0.25) is 0 Å². The van der Waals surface area contributed by atoms with E-state index in [2.05, 4.69) is 5.10 Å². The van der Waals surface area contributed by atoms with Crippen LogP contribution in [0.15, 0.2) is 24.3 Å². The number of aromatic nitrogens is 2. The van der Waals surface area contributed by atoms with Crippen LogP contribution in [-0.2, 0) is 23.1 Å². The fourth-order valence-corrected chi connectivity index (χ4v) is 2.42. The normalized spacial score (nSPS) is 11.6. The van der Waals surface area contributed by atoms with Crippen LogP contribution >= 0.6 is 0 Å². The van der Waals surface area contributed by atoms with Crippen molar-refractivity contribution in [3.05, 3.63) is 41.1 Å². The van der Waals surface area contributed by atoms with Gasteiger partial charge in [0, 0.05) is 12.6 Å². The molecule has 1 aromatic heterocycles. The first kappa shape index (κ1) is 18.2. The molecule has 1 aromatic carbocycles. The lowest BCUT2D eigenvalue weighted by atomic mass is 10.0. The summed E-state index contributed by atoms with van der Waals surface area (Å²) in [4.78, 5) is 11.9. The quantitative estimate of drug-likeness (QED) is 0.781. The van der Waals surface area contributed by atoms with Crippen LogP contribution in [0.1, 0.15) is 49.3 Å². The molecule has 0 aliphatic rings. The Morgan fingerprint density at radius 1 is 1.25 bits per heavy atom. The highest BCUT2D eigenvalue weighted by Gasteiger charge is 2.15. The summed E-state index contributed by atoms with van der Waals surface area (Å²) in [6, 6.07) is 7.73. The molecule has 5 nitrogen and oxygen atoms in total. The van der Waals surface area contributed by atoms with Crippen molar-refractivity contribution < 1.29 is 14.3 Å². The molecule has 0 fully saturated rings. The zero-order valence-electron chi connectivity index (χ0n) is 15.3. The summed E-state index contributed by atoms with van der Waals surface area (Å²) < 4.78 is 12.7. The van der Waals surface area contributed by atoms with Crippen LogP contribution in [-0.4, -0.2) is 28.0 Å². The van der Waals surface area contributed by atoms with Crippen molar-refractivity contribution in [3.8, 4) is 11.3 Å².